The molecule has 2 aromatic rings. The van der Waals surface area contributed by atoms with E-state index >= 15 is 0 Å². The second-order valence-electron chi connectivity index (χ2n) is 24.3. The van der Waals surface area contributed by atoms with Crippen LogP contribution in [0.3, 0.4) is 0 Å². The number of carbonyl (C=O) groups excluding carboxylic acids is 10. The minimum absolute atomic E-state index is 0.0376. The fourth-order valence-corrected chi connectivity index (χ4v) is 10.2. The van der Waals surface area contributed by atoms with Gasteiger partial charge in [-0.05, 0) is 80.5 Å². The van der Waals surface area contributed by atoms with Gasteiger partial charge in [-0.15, -0.1) is 0 Å². The minimum Gasteiger partial charge on any atom is -0.508 e. The number of hydrogen-bond acceptors (Lipinski definition) is 20. The summed E-state index contributed by atoms with van der Waals surface area (Å²) in [7, 11) is 0. The average Bonchev–Trinajstić information content (AvgIpc) is 0.861. The number of aromatic hydroxyl groups is 1. The van der Waals surface area contributed by atoms with Gasteiger partial charge in [-0.3, -0.25) is 86.8 Å². The number of hydrogen-bond donors (Lipinski definition) is 18. The molecule has 0 aliphatic carbocycles. The van der Waals surface area contributed by atoms with Crippen molar-refractivity contribution in [3.8, 4) is 5.75 Å². The van der Waals surface area contributed by atoms with Crippen LogP contribution in [0, 0.1) is 5.92 Å². The molecule has 0 unspecified atom stereocenters. The molecule has 0 radical (unpaired) electrons. The summed E-state index contributed by atoms with van der Waals surface area (Å²) in [5.74, 6) is -14.1. The number of phenolic OH excluding ortho intramolecular Hbond substituents is 1. The highest BCUT2D eigenvalue weighted by Crippen LogP contribution is 2.15. The van der Waals surface area contributed by atoms with Crippen molar-refractivity contribution in [1.29, 1.82) is 0 Å². The standard InChI is InChI=1S/C64H100N16O20/c1-5-7-17-44(70-36-82)58(95)74-47(27-39(3)4)61(98)76-48(28-40-15-10-9-11-16-40)63(100)73-46(18-8-6-2)60(97)75-49(29-41-21-23-42(83)24-22-41)62(99)72-43(56(65)93)19-12-13-25-68-57(94)50(35-81)77-59(96)45(20-14-26-69-64(66)67)71-51(84)30-78(31-52(85)86)37-80(34-55(91)92)38-79(32-53(87)88)33-54(89)90/h9-11,15-16,21-24,36,39,43-50,81,83H,5-8,12-14,17-20,25-35,37-38H2,1-4H3,(H2,65,93)(H,68,94)(H,70,82)(H,71,84)(H,72,99)(H,73,100)(H,74,95)(H,75,97)(H,76,98)(H,77,96)(H,85,86)(H,87,88)(H,89,90)(H,91,92)(H4,66,67,69)/t43-,44-,45+,46-,47-,48-,49-,50-/m0/s1. The summed E-state index contributed by atoms with van der Waals surface area (Å²) in [6.07, 6.45) is 2.95. The molecule has 0 fully saturated rings. The molecule has 0 heterocycles. The predicted molar refractivity (Wildman–Crippen MR) is 360 cm³/mol. The lowest BCUT2D eigenvalue weighted by molar-refractivity contribution is -0.144. The van der Waals surface area contributed by atoms with Gasteiger partial charge in [0.25, 0.3) is 0 Å². The number of nitrogens with two attached hydrogens (primary N) is 3. The Morgan fingerprint density at radius 3 is 1.39 bits per heavy atom. The summed E-state index contributed by atoms with van der Waals surface area (Å²) in [6, 6.07) is 3.79. The van der Waals surface area contributed by atoms with Gasteiger partial charge in [0.15, 0.2) is 5.96 Å². The van der Waals surface area contributed by atoms with Gasteiger partial charge in [0.1, 0.15) is 54.1 Å². The molecule has 556 valence electrons. The van der Waals surface area contributed by atoms with Crippen LogP contribution in [-0.4, -0.2) is 249 Å². The summed E-state index contributed by atoms with van der Waals surface area (Å²) in [5, 5.41) is 81.5. The third kappa shape index (κ3) is 36.0. The van der Waals surface area contributed by atoms with E-state index in [1.54, 1.807) is 30.3 Å². The fraction of sp³-hybridized carbons (Fsp3) is 0.578. The van der Waals surface area contributed by atoms with Crippen molar-refractivity contribution >= 4 is 89.4 Å². The van der Waals surface area contributed by atoms with Crippen LogP contribution < -0.4 is 65.1 Å². The summed E-state index contributed by atoms with van der Waals surface area (Å²) in [6.45, 7) is 0.750. The lowest BCUT2D eigenvalue weighted by Crippen LogP contribution is -2.60. The van der Waals surface area contributed by atoms with Gasteiger partial charge in [-0.25, -0.2) is 0 Å². The highest BCUT2D eigenvalue weighted by Gasteiger charge is 2.35. The highest BCUT2D eigenvalue weighted by atomic mass is 16.4. The Bertz CT molecular complexity index is 3020. The first kappa shape index (κ1) is 86.0. The number of amides is 10. The second kappa shape index (κ2) is 47.0. The maximum atomic E-state index is 14.5. The van der Waals surface area contributed by atoms with Crippen molar-refractivity contribution < 1.29 is 97.8 Å². The second-order valence-corrected chi connectivity index (χ2v) is 24.3. The number of aliphatic imine (C=N–C) groups is 1. The Morgan fingerprint density at radius 2 is 0.900 bits per heavy atom. The predicted octanol–water partition coefficient (Wildman–Crippen LogP) is -3.91. The number of carboxylic acid groups (broad SMARTS) is 4. The van der Waals surface area contributed by atoms with E-state index in [4.69, 9.17) is 17.2 Å². The van der Waals surface area contributed by atoms with Gasteiger partial charge in [-0.1, -0.05) is 95.8 Å². The van der Waals surface area contributed by atoms with Gasteiger partial charge < -0.3 is 95.7 Å². The molecule has 21 N–H and O–H groups in total. The third-order valence-electron chi connectivity index (χ3n) is 15.1. The summed E-state index contributed by atoms with van der Waals surface area (Å²) >= 11 is 0. The molecule has 2 aromatic carbocycles. The van der Waals surface area contributed by atoms with Crippen molar-refractivity contribution in [2.24, 2.45) is 28.1 Å². The monoisotopic (exact) mass is 1410 g/mol. The first-order valence-corrected chi connectivity index (χ1v) is 32.8. The van der Waals surface area contributed by atoms with E-state index in [0.717, 1.165) is 21.1 Å². The van der Waals surface area contributed by atoms with Crippen LogP contribution in [0.15, 0.2) is 59.6 Å². The third-order valence-corrected chi connectivity index (χ3v) is 15.1. The van der Waals surface area contributed by atoms with E-state index in [0.29, 0.717) is 43.2 Å². The number of aliphatic carboxylic acids is 4. The first-order chi connectivity index (χ1) is 47.4. The lowest BCUT2D eigenvalue weighted by atomic mass is 9.99. The van der Waals surface area contributed by atoms with Gasteiger partial charge >= 0.3 is 23.9 Å². The number of primary amides is 1. The fourth-order valence-electron chi connectivity index (χ4n) is 10.2. The number of rotatable bonds is 53. The number of nitrogens with zero attached hydrogens (tertiary/aromatic N) is 4. The number of carboxylic acids is 4. The van der Waals surface area contributed by atoms with E-state index in [2.05, 4.69) is 52.8 Å². The molecule has 0 aliphatic heterocycles. The number of aliphatic hydroxyl groups is 1. The van der Waals surface area contributed by atoms with Gasteiger partial charge in [0.05, 0.1) is 52.7 Å². The van der Waals surface area contributed by atoms with Gasteiger partial charge in [0, 0.05) is 25.9 Å². The van der Waals surface area contributed by atoms with Gasteiger partial charge in [0.2, 0.25) is 59.6 Å². The maximum Gasteiger partial charge on any atom is 0.317 e. The molecular formula is C64H100N16O20. The zero-order valence-corrected chi connectivity index (χ0v) is 56.9. The number of unbranched alkanes of at least 4 members (excludes halogenated alkanes) is 3. The van der Waals surface area contributed by atoms with Crippen LogP contribution in [0.4, 0.5) is 0 Å². The zero-order chi connectivity index (χ0) is 74.9. The quantitative estimate of drug-likeness (QED) is 0.00989. The number of benzene rings is 2. The maximum absolute atomic E-state index is 14.5. The van der Waals surface area contributed by atoms with E-state index in [-0.39, 0.29) is 88.5 Å². The number of nitrogens with one attached hydrogen (secondary N) is 9. The van der Waals surface area contributed by atoms with Crippen LogP contribution in [0.2, 0.25) is 0 Å². The molecule has 0 aromatic heterocycles. The van der Waals surface area contributed by atoms with Crippen molar-refractivity contribution in [3.63, 3.8) is 0 Å². The van der Waals surface area contributed by atoms with Crippen molar-refractivity contribution in [1.82, 2.24) is 62.6 Å². The Morgan fingerprint density at radius 1 is 0.480 bits per heavy atom. The van der Waals surface area contributed by atoms with Crippen LogP contribution in [0.1, 0.15) is 116 Å². The topological polar surface area (TPSA) is 569 Å². The average molecular weight is 1410 g/mol. The Labute approximate surface area is 579 Å². The zero-order valence-electron chi connectivity index (χ0n) is 56.9. The molecule has 100 heavy (non-hydrogen) atoms. The van der Waals surface area contributed by atoms with E-state index in [1.807, 2.05) is 27.7 Å². The number of carbonyl (C=O) groups is 14. The minimum atomic E-state index is -1.64. The van der Waals surface area contributed by atoms with Crippen molar-refractivity contribution in [3.05, 3.63) is 65.7 Å². The SMILES string of the molecule is CCCC[C@H](NC=O)C(=O)N[C@@H](CC(C)C)C(=O)N[C@@H](Cc1ccccc1)C(=O)N[C@@H](CCCC)C(=O)N[C@@H](Cc1ccc(O)cc1)C(=O)N[C@@H](CCCCNC(=O)[C@H](CO)NC(=O)[C@@H](CCCN=C(N)N)NC(=O)CN(CC(=O)O)CN(CC(=O)O)CN(CC(=O)O)CC(=O)O)C(N)=O. The number of guanidine groups is 1. The Hall–Kier alpha value is -10.1. The van der Waals surface area contributed by atoms with Crippen LogP contribution in [0.25, 0.3) is 0 Å². The van der Waals surface area contributed by atoms with E-state index in [1.165, 1.54) is 24.3 Å². The van der Waals surface area contributed by atoms with Crippen LogP contribution in [-0.2, 0) is 80.0 Å². The summed E-state index contributed by atoms with van der Waals surface area (Å²) in [4.78, 5) is 189. The van der Waals surface area contributed by atoms with Crippen molar-refractivity contribution in [2.45, 2.75) is 166 Å². The van der Waals surface area contributed by atoms with Crippen LogP contribution in [0.5, 0.6) is 5.75 Å². The van der Waals surface area contributed by atoms with Crippen LogP contribution >= 0.6 is 0 Å². The smallest absolute Gasteiger partial charge is 0.317 e. The molecule has 0 saturated carbocycles. The molecule has 36 nitrogen and oxygen atoms in total. The summed E-state index contributed by atoms with van der Waals surface area (Å²) < 4.78 is 0. The van der Waals surface area contributed by atoms with Crippen molar-refractivity contribution in [2.75, 3.05) is 65.8 Å². The molecule has 8 atom stereocenters. The Balaban J connectivity index is 2.32. The molecule has 10 amide bonds. The molecule has 36 heteroatoms. The number of aliphatic hydroxyl groups excluding tert-OH is 1. The van der Waals surface area contributed by atoms with E-state index < -0.39 is 178 Å². The molecule has 0 bridgehead atoms. The molecule has 0 aliphatic rings. The molecule has 0 spiro atoms. The lowest BCUT2D eigenvalue weighted by Gasteiger charge is -2.32. The van der Waals surface area contributed by atoms with E-state index in [9.17, 15) is 97.8 Å². The first-order valence-electron chi connectivity index (χ1n) is 32.8. The normalized spacial score (nSPS) is 13.5. The highest BCUT2D eigenvalue weighted by molar-refractivity contribution is 5.97. The number of phenols is 1. The molecule has 0 saturated heterocycles. The molecular weight excluding hydrogens is 1310 g/mol. The largest absolute Gasteiger partial charge is 0.508 e. The Kier molecular flexibility index (Phi) is 40.4. The molecule has 2 rings (SSSR count). The summed E-state index contributed by atoms with van der Waals surface area (Å²) in [5.41, 5.74) is 17.7. The van der Waals surface area contributed by atoms with Gasteiger partial charge in [-0.2, -0.15) is 0 Å².